The summed E-state index contributed by atoms with van der Waals surface area (Å²) in [7, 11) is -3.22. The van der Waals surface area contributed by atoms with Crippen molar-refractivity contribution in [3.05, 3.63) is 54.1 Å². The maximum absolute atomic E-state index is 12.2. The van der Waals surface area contributed by atoms with Crippen LogP contribution >= 0.6 is 11.8 Å². The van der Waals surface area contributed by atoms with E-state index in [0.29, 0.717) is 29.2 Å². The lowest BCUT2D eigenvalue weighted by molar-refractivity contribution is -0.117. The number of amides is 1. The standard InChI is InChI=1S/C18H19NO4S2/c19-18(20)10-3-13-1-4-14(5-2-13)23-15-6-8-17(9-7-15)25(21,22)12-16-11-24-16/h1-2,4-9,16H,3,10-12H2,(H2,19,20). The van der Waals surface area contributed by atoms with Gasteiger partial charge in [-0.1, -0.05) is 12.1 Å². The minimum atomic E-state index is -3.22. The van der Waals surface area contributed by atoms with Gasteiger partial charge >= 0.3 is 0 Å². The number of aryl methyl sites for hydroxylation is 1. The number of carbonyl (C=O) groups excluding carboxylic acids is 1. The molecule has 0 saturated carbocycles. The first kappa shape index (κ1) is 17.8. The first-order chi connectivity index (χ1) is 11.9. The lowest BCUT2D eigenvalue weighted by Crippen LogP contribution is -2.11. The summed E-state index contributed by atoms with van der Waals surface area (Å²) >= 11 is 1.67. The third kappa shape index (κ3) is 5.24. The highest BCUT2D eigenvalue weighted by molar-refractivity contribution is 8.08. The highest BCUT2D eigenvalue weighted by atomic mass is 32.2. The average molecular weight is 377 g/mol. The van der Waals surface area contributed by atoms with Crippen LogP contribution in [-0.2, 0) is 21.1 Å². The first-order valence-corrected chi connectivity index (χ1v) is 10.6. The maximum atomic E-state index is 12.2. The molecule has 0 aliphatic carbocycles. The van der Waals surface area contributed by atoms with E-state index in [9.17, 15) is 13.2 Å². The number of hydrogen-bond acceptors (Lipinski definition) is 5. The fraction of sp³-hybridized carbons (Fsp3) is 0.278. The molecule has 2 aromatic carbocycles. The van der Waals surface area contributed by atoms with Crippen molar-refractivity contribution in [2.45, 2.75) is 23.0 Å². The van der Waals surface area contributed by atoms with Crippen LogP contribution < -0.4 is 10.5 Å². The summed E-state index contributed by atoms with van der Waals surface area (Å²) in [4.78, 5) is 11.1. The van der Waals surface area contributed by atoms with E-state index < -0.39 is 9.84 Å². The van der Waals surface area contributed by atoms with Gasteiger partial charge in [-0.15, -0.1) is 0 Å². The van der Waals surface area contributed by atoms with E-state index in [1.807, 2.05) is 24.3 Å². The van der Waals surface area contributed by atoms with Crippen LogP contribution in [0.15, 0.2) is 53.4 Å². The van der Waals surface area contributed by atoms with E-state index in [1.165, 1.54) is 0 Å². The maximum Gasteiger partial charge on any atom is 0.217 e. The molecule has 7 heteroatoms. The zero-order valence-electron chi connectivity index (χ0n) is 13.6. The minimum Gasteiger partial charge on any atom is -0.457 e. The largest absolute Gasteiger partial charge is 0.457 e. The number of carbonyl (C=O) groups is 1. The van der Waals surface area contributed by atoms with Crippen LogP contribution in [0.1, 0.15) is 12.0 Å². The molecule has 1 atom stereocenters. The number of benzene rings is 2. The van der Waals surface area contributed by atoms with Gasteiger partial charge in [0.05, 0.1) is 10.6 Å². The Labute approximate surface area is 151 Å². The number of primary amides is 1. The zero-order valence-corrected chi connectivity index (χ0v) is 15.2. The van der Waals surface area contributed by atoms with Crippen molar-refractivity contribution in [2.75, 3.05) is 11.5 Å². The Hall–Kier alpha value is -1.99. The van der Waals surface area contributed by atoms with Gasteiger partial charge < -0.3 is 10.5 Å². The van der Waals surface area contributed by atoms with Gasteiger partial charge in [-0.05, 0) is 48.4 Å². The van der Waals surface area contributed by atoms with Gasteiger partial charge in [0, 0.05) is 17.4 Å². The van der Waals surface area contributed by atoms with Crippen molar-refractivity contribution in [1.29, 1.82) is 0 Å². The molecule has 2 aromatic rings. The van der Waals surface area contributed by atoms with Gasteiger partial charge in [0.15, 0.2) is 9.84 Å². The fourth-order valence-electron chi connectivity index (χ4n) is 2.35. The molecule has 0 spiro atoms. The van der Waals surface area contributed by atoms with Crippen molar-refractivity contribution < 1.29 is 17.9 Å². The van der Waals surface area contributed by atoms with Gasteiger partial charge in [0.2, 0.25) is 5.91 Å². The van der Waals surface area contributed by atoms with E-state index in [0.717, 1.165) is 11.3 Å². The summed E-state index contributed by atoms with van der Waals surface area (Å²) < 4.78 is 30.2. The monoisotopic (exact) mass is 377 g/mol. The van der Waals surface area contributed by atoms with Crippen molar-refractivity contribution in [2.24, 2.45) is 5.73 Å². The van der Waals surface area contributed by atoms with Gasteiger partial charge in [0.25, 0.3) is 0 Å². The molecule has 0 aromatic heterocycles. The molecule has 1 aliphatic rings. The Morgan fingerprint density at radius 1 is 1.08 bits per heavy atom. The van der Waals surface area contributed by atoms with Gasteiger partial charge in [-0.25, -0.2) is 8.42 Å². The predicted octanol–water partition coefficient (Wildman–Crippen LogP) is 2.79. The molecule has 25 heavy (non-hydrogen) atoms. The Morgan fingerprint density at radius 2 is 1.64 bits per heavy atom. The molecule has 1 saturated heterocycles. The van der Waals surface area contributed by atoms with Crippen molar-refractivity contribution in [1.82, 2.24) is 0 Å². The van der Waals surface area contributed by atoms with Crippen LogP contribution in [0, 0.1) is 0 Å². The van der Waals surface area contributed by atoms with Crippen LogP contribution in [-0.4, -0.2) is 31.1 Å². The number of rotatable bonds is 8. The Morgan fingerprint density at radius 3 is 2.16 bits per heavy atom. The predicted molar refractivity (Wildman–Crippen MR) is 98.8 cm³/mol. The molecule has 1 fully saturated rings. The Kier molecular flexibility index (Phi) is 5.34. The van der Waals surface area contributed by atoms with Gasteiger partial charge in [-0.2, -0.15) is 11.8 Å². The Bertz CT molecular complexity index is 842. The highest BCUT2D eigenvalue weighted by Crippen LogP contribution is 2.33. The van der Waals surface area contributed by atoms with Crippen molar-refractivity contribution in [3.63, 3.8) is 0 Å². The second-order valence-electron chi connectivity index (χ2n) is 5.92. The number of nitrogens with two attached hydrogens (primary N) is 1. The molecule has 1 amide bonds. The topological polar surface area (TPSA) is 86.5 Å². The SMILES string of the molecule is NC(=O)CCc1ccc(Oc2ccc(S(=O)(=O)CC3CS3)cc2)cc1. The number of sulfone groups is 1. The second kappa shape index (κ2) is 7.49. The second-order valence-corrected chi connectivity index (χ2v) is 9.29. The van der Waals surface area contributed by atoms with Crippen LogP contribution in [0.5, 0.6) is 11.5 Å². The fourth-order valence-corrected chi connectivity index (χ4v) is 5.02. The average Bonchev–Trinajstić information content (AvgIpc) is 3.38. The van der Waals surface area contributed by atoms with E-state index in [2.05, 4.69) is 0 Å². The molecule has 132 valence electrons. The molecule has 0 bridgehead atoms. The summed E-state index contributed by atoms with van der Waals surface area (Å²) in [6.45, 7) is 0. The van der Waals surface area contributed by atoms with E-state index in [1.54, 1.807) is 36.0 Å². The molecular weight excluding hydrogens is 358 g/mol. The van der Waals surface area contributed by atoms with Crippen LogP contribution in [0.4, 0.5) is 0 Å². The normalized spacial score (nSPS) is 16.4. The quantitative estimate of drug-likeness (QED) is 0.715. The molecule has 1 heterocycles. The Balaban J connectivity index is 1.62. The zero-order chi connectivity index (χ0) is 17.9. The van der Waals surface area contributed by atoms with E-state index >= 15 is 0 Å². The number of hydrogen-bond donors (Lipinski definition) is 1. The van der Waals surface area contributed by atoms with Crippen LogP contribution in [0.2, 0.25) is 0 Å². The van der Waals surface area contributed by atoms with Crippen molar-refractivity contribution >= 4 is 27.5 Å². The smallest absolute Gasteiger partial charge is 0.217 e. The van der Waals surface area contributed by atoms with Crippen molar-refractivity contribution in [3.8, 4) is 11.5 Å². The third-order valence-electron chi connectivity index (χ3n) is 3.81. The van der Waals surface area contributed by atoms with Crippen LogP contribution in [0.3, 0.4) is 0 Å². The van der Waals surface area contributed by atoms with Gasteiger partial charge in [0.1, 0.15) is 11.5 Å². The molecule has 2 N–H and O–H groups in total. The summed E-state index contributed by atoms with van der Waals surface area (Å²) in [5.74, 6) is 2.02. The van der Waals surface area contributed by atoms with E-state index in [4.69, 9.17) is 10.5 Å². The summed E-state index contributed by atoms with van der Waals surface area (Å²) in [6, 6.07) is 13.9. The molecule has 1 unspecified atom stereocenters. The van der Waals surface area contributed by atoms with E-state index in [-0.39, 0.29) is 16.9 Å². The molecule has 1 aliphatic heterocycles. The minimum absolute atomic E-state index is 0.199. The lowest BCUT2D eigenvalue weighted by atomic mass is 10.1. The lowest BCUT2D eigenvalue weighted by Gasteiger charge is -2.08. The van der Waals surface area contributed by atoms with Gasteiger partial charge in [-0.3, -0.25) is 4.79 Å². The first-order valence-electron chi connectivity index (χ1n) is 7.92. The van der Waals surface area contributed by atoms with Crippen LogP contribution in [0.25, 0.3) is 0 Å². The highest BCUT2D eigenvalue weighted by Gasteiger charge is 2.29. The number of ether oxygens (including phenoxy) is 1. The third-order valence-corrected chi connectivity index (χ3v) is 6.82. The summed E-state index contributed by atoms with van der Waals surface area (Å²) in [5.41, 5.74) is 6.14. The summed E-state index contributed by atoms with van der Waals surface area (Å²) in [6.07, 6.45) is 0.914. The molecule has 0 radical (unpaired) electrons. The molecule has 5 nitrogen and oxygen atoms in total. The number of thioether (sulfide) groups is 1. The molecular formula is C18H19NO4S2. The molecule has 3 rings (SSSR count). The summed E-state index contributed by atoms with van der Waals surface area (Å²) in [5, 5.41) is 0.244.